The fourth-order valence-corrected chi connectivity index (χ4v) is 3.01. The fourth-order valence-electron chi connectivity index (χ4n) is 3.01. The minimum Gasteiger partial charge on any atom is -0.349 e. The fraction of sp³-hybridized carbons (Fsp3) is 0.611. The third kappa shape index (κ3) is 3.85. The lowest BCUT2D eigenvalue weighted by Gasteiger charge is -2.28. The number of nitrogens with one attached hydrogen (secondary N) is 1. The third-order valence-electron chi connectivity index (χ3n) is 4.35. The first-order valence-corrected chi connectivity index (χ1v) is 8.21. The van der Waals surface area contributed by atoms with Crippen molar-refractivity contribution in [3.05, 3.63) is 34.9 Å². The number of carbonyl (C=O) groups is 1. The van der Waals surface area contributed by atoms with Gasteiger partial charge in [-0.3, -0.25) is 4.79 Å². The van der Waals surface area contributed by atoms with E-state index in [2.05, 4.69) is 30.4 Å². The minimum atomic E-state index is 0.0286. The molecule has 2 unspecified atom stereocenters. The highest BCUT2D eigenvalue weighted by Gasteiger charge is 2.23. The summed E-state index contributed by atoms with van der Waals surface area (Å²) in [7, 11) is 0. The molecular formula is C18H28N2O. The smallest absolute Gasteiger partial charge is 0.223 e. The largest absolute Gasteiger partial charge is 0.349 e. The first kappa shape index (κ1) is 16.0. The lowest BCUT2D eigenvalue weighted by molar-refractivity contribution is -0.124. The van der Waals surface area contributed by atoms with E-state index in [1.807, 2.05) is 13.8 Å². The van der Waals surface area contributed by atoms with Crippen molar-refractivity contribution in [3.63, 3.8) is 0 Å². The molecule has 0 aliphatic heterocycles. The van der Waals surface area contributed by atoms with Gasteiger partial charge >= 0.3 is 0 Å². The zero-order valence-corrected chi connectivity index (χ0v) is 13.5. The van der Waals surface area contributed by atoms with Gasteiger partial charge in [0.2, 0.25) is 5.91 Å². The standard InChI is InChI=1S/C18H28N2O/c1-4-6-16(19)14-10-9-13-7-5-8-17(15(13)11-14)20-18(21)12(2)3/h9-12,16-17H,4-8,19H2,1-3H3,(H,20,21). The molecule has 2 rings (SSSR count). The molecule has 3 N–H and O–H groups in total. The van der Waals surface area contributed by atoms with Crippen LogP contribution in [0.3, 0.4) is 0 Å². The predicted octanol–water partition coefficient (Wildman–Crippen LogP) is 3.64. The Morgan fingerprint density at radius 2 is 2.19 bits per heavy atom. The number of rotatable bonds is 5. The summed E-state index contributed by atoms with van der Waals surface area (Å²) in [4.78, 5) is 12.0. The highest BCUT2D eigenvalue weighted by atomic mass is 16.1. The second-order valence-corrected chi connectivity index (χ2v) is 6.46. The van der Waals surface area contributed by atoms with Crippen LogP contribution in [0.25, 0.3) is 0 Å². The Bertz CT molecular complexity index is 496. The Kier molecular flexibility index (Phi) is 5.40. The molecule has 0 saturated heterocycles. The van der Waals surface area contributed by atoms with Crippen LogP contribution in [0.4, 0.5) is 0 Å². The summed E-state index contributed by atoms with van der Waals surface area (Å²) in [5.74, 6) is 0.164. The van der Waals surface area contributed by atoms with Crippen LogP contribution in [0.15, 0.2) is 18.2 Å². The molecule has 21 heavy (non-hydrogen) atoms. The molecule has 3 nitrogen and oxygen atoms in total. The van der Waals surface area contributed by atoms with Gasteiger partial charge in [0, 0.05) is 12.0 Å². The third-order valence-corrected chi connectivity index (χ3v) is 4.35. The molecule has 0 aromatic heterocycles. The Hall–Kier alpha value is -1.35. The van der Waals surface area contributed by atoms with Gasteiger partial charge in [-0.2, -0.15) is 0 Å². The van der Waals surface area contributed by atoms with Gasteiger partial charge in [0.25, 0.3) is 0 Å². The summed E-state index contributed by atoms with van der Waals surface area (Å²) in [6, 6.07) is 6.83. The van der Waals surface area contributed by atoms with Crippen molar-refractivity contribution < 1.29 is 4.79 Å². The monoisotopic (exact) mass is 288 g/mol. The van der Waals surface area contributed by atoms with Gasteiger partial charge in [-0.15, -0.1) is 0 Å². The number of nitrogens with two attached hydrogens (primary N) is 1. The molecule has 1 aliphatic rings. The molecule has 1 aromatic carbocycles. The van der Waals surface area contributed by atoms with Gasteiger partial charge in [0.05, 0.1) is 6.04 Å². The van der Waals surface area contributed by atoms with Crippen molar-refractivity contribution in [1.29, 1.82) is 0 Å². The van der Waals surface area contributed by atoms with Gasteiger partial charge in [-0.25, -0.2) is 0 Å². The molecule has 2 atom stereocenters. The highest BCUT2D eigenvalue weighted by molar-refractivity contribution is 5.78. The Labute approximate surface area is 128 Å². The molecule has 0 saturated carbocycles. The number of hydrogen-bond donors (Lipinski definition) is 2. The van der Waals surface area contributed by atoms with Crippen molar-refractivity contribution in [2.75, 3.05) is 0 Å². The second-order valence-electron chi connectivity index (χ2n) is 6.46. The van der Waals surface area contributed by atoms with E-state index >= 15 is 0 Å². The van der Waals surface area contributed by atoms with Crippen molar-refractivity contribution >= 4 is 5.91 Å². The van der Waals surface area contributed by atoms with E-state index in [0.717, 1.165) is 32.1 Å². The van der Waals surface area contributed by atoms with Crippen molar-refractivity contribution in [3.8, 4) is 0 Å². The van der Waals surface area contributed by atoms with Crippen LogP contribution in [0.1, 0.15) is 75.2 Å². The summed E-state index contributed by atoms with van der Waals surface area (Å²) in [5, 5.41) is 3.19. The molecule has 1 aromatic rings. The molecule has 0 radical (unpaired) electrons. The van der Waals surface area contributed by atoms with E-state index in [9.17, 15) is 4.79 Å². The van der Waals surface area contributed by atoms with Crippen LogP contribution in [0.2, 0.25) is 0 Å². The first-order valence-electron chi connectivity index (χ1n) is 8.21. The lowest BCUT2D eigenvalue weighted by atomic mass is 9.85. The summed E-state index contributed by atoms with van der Waals surface area (Å²) in [5.41, 5.74) is 10.1. The molecular weight excluding hydrogens is 260 g/mol. The Morgan fingerprint density at radius 1 is 1.43 bits per heavy atom. The van der Waals surface area contributed by atoms with Gasteiger partial charge < -0.3 is 11.1 Å². The van der Waals surface area contributed by atoms with Gasteiger partial charge in [0.15, 0.2) is 0 Å². The van der Waals surface area contributed by atoms with Crippen LogP contribution in [0, 0.1) is 5.92 Å². The van der Waals surface area contributed by atoms with E-state index < -0.39 is 0 Å². The maximum Gasteiger partial charge on any atom is 0.223 e. The first-order chi connectivity index (χ1) is 10.0. The van der Waals surface area contributed by atoms with Gasteiger partial charge in [-0.1, -0.05) is 45.4 Å². The quantitative estimate of drug-likeness (QED) is 0.869. The predicted molar refractivity (Wildman–Crippen MR) is 86.9 cm³/mol. The molecule has 0 spiro atoms. The molecule has 0 bridgehead atoms. The number of hydrogen-bond acceptors (Lipinski definition) is 2. The van der Waals surface area contributed by atoms with Crippen molar-refractivity contribution in [1.82, 2.24) is 5.32 Å². The Morgan fingerprint density at radius 3 is 2.86 bits per heavy atom. The molecule has 116 valence electrons. The molecule has 0 fully saturated rings. The molecule has 1 amide bonds. The van der Waals surface area contributed by atoms with E-state index in [4.69, 9.17) is 5.73 Å². The second kappa shape index (κ2) is 7.08. The van der Waals surface area contributed by atoms with E-state index in [-0.39, 0.29) is 23.9 Å². The average molecular weight is 288 g/mol. The van der Waals surface area contributed by atoms with Gasteiger partial charge in [-0.05, 0) is 42.4 Å². The average Bonchev–Trinajstić information content (AvgIpc) is 2.47. The normalized spacial score (nSPS) is 19.2. The van der Waals surface area contributed by atoms with E-state index in [0.29, 0.717) is 0 Å². The minimum absolute atomic E-state index is 0.0286. The maximum atomic E-state index is 12.0. The molecule has 3 heteroatoms. The number of benzene rings is 1. The van der Waals surface area contributed by atoms with Crippen LogP contribution >= 0.6 is 0 Å². The maximum absolute atomic E-state index is 12.0. The zero-order chi connectivity index (χ0) is 15.4. The van der Waals surface area contributed by atoms with E-state index in [1.54, 1.807) is 0 Å². The Balaban J connectivity index is 2.23. The number of fused-ring (bicyclic) bond motifs is 1. The SMILES string of the molecule is CCCC(N)c1ccc2c(c1)C(NC(=O)C(C)C)CCC2. The molecule has 0 heterocycles. The number of aryl methyl sites for hydroxylation is 1. The zero-order valence-electron chi connectivity index (χ0n) is 13.5. The van der Waals surface area contributed by atoms with Crippen molar-refractivity contribution in [2.45, 2.75) is 65.0 Å². The van der Waals surface area contributed by atoms with Crippen LogP contribution in [-0.4, -0.2) is 5.91 Å². The van der Waals surface area contributed by atoms with Gasteiger partial charge in [0.1, 0.15) is 0 Å². The summed E-state index contributed by atoms with van der Waals surface area (Å²) in [6.07, 6.45) is 5.36. The van der Waals surface area contributed by atoms with Crippen LogP contribution in [0.5, 0.6) is 0 Å². The lowest BCUT2D eigenvalue weighted by Crippen LogP contribution is -2.33. The summed E-state index contributed by atoms with van der Waals surface area (Å²) in [6.45, 7) is 6.03. The molecule has 1 aliphatic carbocycles. The van der Waals surface area contributed by atoms with Crippen molar-refractivity contribution in [2.24, 2.45) is 11.7 Å². The van der Waals surface area contributed by atoms with Crippen LogP contribution in [-0.2, 0) is 11.2 Å². The topological polar surface area (TPSA) is 55.1 Å². The van der Waals surface area contributed by atoms with E-state index in [1.165, 1.54) is 16.7 Å². The number of amides is 1. The number of carbonyl (C=O) groups excluding carboxylic acids is 1. The highest BCUT2D eigenvalue weighted by Crippen LogP contribution is 2.32. The summed E-state index contributed by atoms with van der Waals surface area (Å²) < 4.78 is 0. The summed E-state index contributed by atoms with van der Waals surface area (Å²) >= 11 is 0. The van der Waals surface area contributed by atoms with Crippen LogP contribution < -0.4 is 11.1 Å².